The van der Waals surface area contributed by atoms with E-state index in [4.69, 9.17) is 11.6 Å². The number of amides is 1. The molecule has 0 aliphatic heterocycles. The third kappa shape index (κ3) is 2.88. The fourth-order valence-electron chi connectivity index (χ4n) is 3.32. The number of carbonyl (C=O) groups excluding carboxylic acids is 1. The summed E-state index contributed by atoms with van der Waals surface area (Å²) < 4.78 is 1.68. The molecule has 0 saturated heterocycles. The molecule has 1 aliphatic carbocycles. The van der Waals surface area contributed by atoms with E-state index in [-0.39, 0.29) is 5.91 Å². The smallest absolute Gasteiger partial charge is 0.235 e. The molecule has 0 bridgehead atoms. The number of hydrogen-bond donors (Lipinski definition) is 1. The topological polar surface area (TPSA) is 46.9 Å². The van der Waals surface area contributed by atoms with Crippen LogP contribution in [0.1, 0.15) is 37.7 Å². The fraction of sp³-hybridized carbons (Fsp3) is 0.412. The zero-order valence-electron chi connectivity index (χ0n) is 12.7. The van der Waals surface area contributed by atoms with Gasteiger partial charge in [-0.15, -0.1) is 0 Å². The Morgan fingerprint density at radius 1 is 1.32 bits per heavy atom. The predicted molar refractivity (Wildman–Crippen MR) is 88.1 cm³/mol. The van der Waals surface area contributed by atoms with Gasteiger partial charge in [-0.05, 0) is 30.5 Å². The Kier molecular flexibility index (Phi) is 4.21. The third-order valence-electron chi connectivity index (χ3n) is 4.48. The van der Waals surface area contributed by atoms with Crippen LogP contribution >= 0.6 is 11.6 Å². The van der Waals surface area contributed by atoms with E-state index in [2.05, 4.69) is 10.4 Å². The largest absolute Gasteiger partial charge is 0.323 e. The molecule has 1 aromatic carbocycles. The molecular formula is C17H20ClN3O. The van der Waals surface area contributed by atoms with Crippen LogP contribution in [0, 0.1) is 0 Å². The number of anilines is 1. The predicted octanol–water partition coefficient (Wildman–Crippen LogP) is 3.91. The second-order valence-corrected chi connectivity index (χ2v) is 6.45. The summed E-state index contributed by atoms with van der Waals surface area (Å²) in [4.78, 5) is 13.0. The summed E-state index contributed by atoms with van der Waals surface area (Å²) in [5, 5.41) is 7.81. The van der Waals surface area contributed by atoms with Crippen LogP contribution in [-0.4, -0.2) is 15.7 Å². The van der Waals surface area contributed by atoms with E-state index < -0.39 is 5.41 Å². The van der Waals surface area contributed by atoms with Gasteiger partial charge >= 0.3 is 0 Å². The highest BCUT2D eigenvalue weighted by Gasteiger charge is 2.41. The van der Waals surface area contributed by atoms with E-state index in [0.717, 1.165) is 36.9 Å². The van der Waals surface area contributed by atoms with Gasteiger partial charge in [-0.2, -0.15) is 5.10 Å². The lowest BCUT2D eigenvalue weighted by atomic mass is 9.68. The van der Waals surface area contributed by atoms with Crippen LogP contribution in [0.2, 0.25) is 5.02 Å². The van der Waals surface area contributed by atoms with Crippen molar-refractivity contribution in [2.75, 3.05) is 5.32 Å². The average molecular weight is 318 g/mol. The lowest BCUT2D eigenvalue weighted by molar-refractivity contribution is -0.122. The molecule has 0 unspecified atom stereocenters. The maximum atomic E-state index is 13.0. The van der Waals surface area contributed by atoms with Crippen LogP contribution in [0.5, 0.6) is 0 Å². The van der Waals surface area contributed by atoms with E-state index in [1.807, 2.05) is 37.5 Å². The Morgan fingerprint density at radius 3 is 2.73 bits per heavy atom. The van der Waals surface area contributed by atoms with Crippen molar-refractivity contribution < 1.29 is 4.79 Å². The zero-order valence-corrected chi connectivity index (χ0v) is 13.4. The molecule has 3 rings (SSSR count). The first-order valence-corrected chi connectivity index (χ1v) is 8.04. The maximum Gasteiger partial charge on any atom is 0.235 e. The minimum absolute atomic E-state index is 0.0440. The second-order valence-electron chi connectivity index (χ2n) is 6.01. The molecule has 1 saturated carbocycles. The van der Waals surface area contributed by atoms with Gasteiger partial charge in [0.2, 0.25) is 5.91 Å². The van der Waals surface area contributed by atoms with Crippen molar-refractivity contribution >= 4 is 23.2 Å². The number of carbonyl (C=O) groups is 1. The van der Waals surface area contributed by atoms with Crippen LogP contribution < -0.4 is 5.32 Å². The van der Waals surface area contributed by atoms with Gasteiger partial charge in [0.1, 0.15) is 0 Å². The van der Waals surface area contributed by atoms with E-state index in [0.29, 0.717) is 5.02 Å². The fourth-order valence-corrected chi connectivity index (χ4v) is 3.52. The summed E-state index contributed by atoms with van der Waals surface area (Å²) in [6.07, 6.45) is 8.51. The minimum Gasteiger partial charge on any atom is -0.323 e. The normalized spacial score (nSPS) is 17.2. The Bertz CT molecular complexity index is 674. The number of halogens is 1. The molecule has 0 spiro atoms. The SMILES string of the molecule is Cn1cc(NC(=O)C2(c3cccc(Cl)c3)CCCCC2)cn1. The number of nitrogens with one attached hydrogen (secondary N) is 1. The first kappa shape index (κ1) is 15.1. The quantitative estimate of drug-likeness (QED) is 0.932. The highest BCUT2D eigenvalue weighted by atomic mass is 35.5. The number of rotatable bonds is 3. The van der Waals surface area contributed by atoms with Crippen LogP contribution in [0.25, 0.3) is 0 Å². The lowest BCUT2D eigenvalue weighted by Gasteiger charge is -2.36. The van der Waals surface area contributed by atoms with Gasteiger partial charge in [-0.25, -0.2) is 0 Å². The van der Waals surface area contributed by atoms with Gasteiger partial charge in [0, 0.05) is 18.3 Å². The molecule has 2 aromatic rings. The highest BCUT2D eigenvalue weighted by molar-refractivity contribution is 6.30. The zero-order chi connectivity index (χ0) is 15.6. The number of aromatic nitrogens is 2. The molecule has 4 nitrogen and oxygen atoms in total. The minimum atomic E-state index is -0.487. The molecule has 1 fully saturated rings. The summed E-state index contributed by atoms with van der Waals surface area (Å²) in [5.74, 6) is 0.0440. The average Bonchev–Trinajstić information content (AvgIpc) is 2.93. The summed E-state index contributed by atoms with van der Waals surface area (Å²) in [7, 11) is 1.84. The number of aryl methyl sites for hydroxylation is 1. The third-order valence-corrected chi connectivity index (χ3v) is 4.72. The van der Waals surface area contributed by atoms with Gasteiger partial charge in [-0.1, -0.05) is 43.0 Å². The molecule has 0 atom stereocenters. The Balaban J connectivity index is 1.93. The van der Waals surface area contributed by atoms with Crippen molar-refractivity contribution in [1.82, 2.24) is 9.78 Å². The van der Waals surface area contributed by atoms with Gasteiger partial charge in [-0.3, -0.25) is 9.48 Å². The molecule has 116 valence electrons. The van der Waals surface area contributed by atoms with Crippen molar-refractivity contribution in [2.45, 2.75) is 37.5 Å². The maximum absolute atomic E-state index is 13.0. The second kappa shape index (κ2) is 6.13. The van der Waals surface area contributed by atoms with Crippen molar-refractivity contribution in [3.63, 3.8) is 0 Å². The Morgan fingerprint density at radius 2 is 2.09 bits per heavy atom. The molecule has 1 aliphatic rings. The van der Waals surface area contributed by atoms with E-state index in [1.165, 1.54) is 6.42 Å². The van der Waals surface area contributed by atoms with Crippen molar-refractivity contribution in [3.05, 3.63) is 47.2 Å². The van der Waals surface area contributed by atoms with Crippen LogP contribution in [0.4, 0.5) is 5.69 Å². The lowest BCUT2D eigenvalue weighted by Crippen LogP contribution is -2.42. The highest BCUT2D eigenvalue weighted by Crippen LogP contribution is 2.41. The molecule has 1 heterocycles. The van der Waals surface area contributed by atoms with E-state index >= 15 is 0 Å². The number of benzene rings is 1. The van der Waals surface area contributed by atoms with Crippen LogP contribution in [0.3, 0.4) is 0 Å². The molecule has 1 N–H and O–H groups in total. The summed E-state index contributed by atoms with van der Waals surface area (Å²) in [6.45, 7) is 0. The van der Waals surface area contributed by atoms with Gasteiger partial charge in [0.05, 0.1) is 17.3 Å². The van der Waals surface area contributed by atoms with E-state index in [9.17, 15) is 4.79 Å². The van der Waals surface area contributed by atoms with Crippen molar-refractivity contribution in [1.29, 1.82) is 0 Å². The summed E-state index contributed by atoms with van der Waals surface area (Å²) in [6, 6.07) is 7.71. The summed E-state index contributed by atoms with van der Waals surface area (Å²) >= 11 is 6.15. The van der Waals surface area contributed by atoms with E-state index in [1.54, 1.807) is 10.9 Å². The van der Waals surface area contributed by atoms with Crippen molar-refractivity contribution in [2.24, 2.45) is 7.05 Å². The first-order valence-electron chi connectivity index (χ1n) is 7.66. The molecular weight excluding hydrogens is 298 g/mol. The first-order chi connectivity index (χ1) is 10.6. The van der Waals surface area contributed by atoms with Gasteiger partial charge < -0.3 is 5.32 Å². The molecule has 22 heavy (non-hydrogen) atoms. The summed E-state index contributed by atoms with van der Waals surface area (Å²) in [5.41, 5.74) is 1.26. The van der Waals surface area contributed by atoms with Gasteiger partial charge in [0.25, 0.3) is 0 Å². The van der Waals surface area contributed by atoms with Crippen molar-refractivity contribution in [3.8, 4) is 0 Å². The molecule has 1 amide bonds. The monoisotopic (exact) mass is 317 g/mol. The standard InChI is InChI=1S/C17H20ClN3O/c1-21-12-15(11-19-21)20-16(22)17(8-3-2-4-9-17)13-6-5-7-14(18)10-13/h5-7,10-12H,2-4,8-9H2,1H3,(H,20,22). The molecule has 1 aromatic heterocycles. The molecule has 0 radical (unpaired) electrons. The Hall–Kier alpha value is -1.81. The number of nitrogens with zero attached hydrogens (tertiary/aromatic N) is 2. The molecule has 5 heteroatoms. The van der Waals surface area contributed by atoms with Gasteiger partial charge in [0.15, 0.2) is 0 Å². The van der Waals surface area contributed by atoms with Crippen LogP contribution in [0.15, 0.2) is 36.7 Å². The van der Waals surface area contributed by atoms with Crippen LogP contribution in [-0.2, 0) is 17.3 Å². The number of hydrogen-bond acceptors (Lipinski definition) is 2. The Labute approximate surface area is 135 Å².